The van der Waals surface area contributed by atoms with Crippen molar-refractivity contribution in [3.05, 3.63) is 54.0 Å². The molecule has 0 bridgehead atoms. The van der Waals surface area contributed by atoms with Crippen LogP contribution in [0, 0.1) is 0 Å². The fourth-order valence-corrected chi connectivity index (χ4v) is 3.46. The second-order valence-corrected chi connectivity index (χ2v) is 6.74. The van der Waals surface area contributed by atoms with Crippen molar-refractivity contribution in [1.29, 1.82) is 0 Å². The van der Waals surface area contributed by atoms with Gasteiger partial charge < -0.3 is 14.2 Å². The second kappa shape index (κ2) is 7.65. The number of H-pyrrole nitrogens is 1. The molecule has 1 aromatic carbocycles. The van der Waals surface area contributed by atoms with E-state index < -0.39 is 0 Å². The first-order valence-corrected chi connectivity index (χ1v) is 9.10. The molecule has 0 saturated carbocycles. The van der Waals surface area contributed by atoms with E-state index >= 15 is 0 Å². The Kier molecular flexibility index (Phi) is 4.91. The van der Waals surface area contributed by atoms with Gasteiger partial charge in [-0.25, -0.2) is 0 Å². The zero-order valence-electron chi connectivity index (χ0n) is 15.2. The minimum absolute atomic E-state index is 0.156. The molecule has 1 N–H and O–H groups in total. The highest BCUT2D eigenvalue weighted by Gasteiger charge is 2.28. The molecule has 4 rings (SSSR count). The van der Waals surface area contributed by atoms with E-state index in [2.05, 4.69) is 21.4 Å². The fraction of sp³-hybridized carbons (Fsp3) is 0.350. The lowest BCUT2D eigenvalue weighted by Crippen LogP contribution is -2.28. The van der Waals surface area contributed by atoms with Gasteiger partial charge in [-0.2, -0.15) is 5.10 Å². The van der Waals surface area contributed by atoms with Gasteiger partial charge in [-0.1, -0.05) is 5.16 Å². The number of methoxy groups -OCH3 is 1. The van der Waals surface area contributed by atoms with Crippen molar-refractivity contribution in [2.24, 2.45) is 0 Å². The van der Waals surface area contributed by atoms with Crippen LogP contribution in [0.2, 0.25) is 0 Å². The third-order valence-electron chi connectivity index (χ3n) is 5.04. The summed E-state index contributed by atoms with van der Waals surface area (Å²) in [5, 5.41) is 11.3. The van der Waals surface area contributed by atoms with Crippen LogP contribution in [0.15, 0.2) is 47.1 Å². The zero-order chi connectivity index (χ0) is 18.6. The molecule has 1 aliphatic rings. The number of hydrogen-bond donors (Lipinski definition) is 1. The number of benzene rings is 1. The van der Waals surface area contributed by atoms with Gasteiger partial charge in [-0.3, -0.25) is 9.89 Å². The number of aromatic amines is 1. The summed E-state index contributed by atoms with van der Waals surface area (Å²) in [5.41, 5.74) is 3.02. The van der Waals surface area contributed by atoms with Crippen molar-refractivity contribution in [2.45, 2.75) is 25.2 Å². The summed E-state index contributed by atoms with van der Waals surface area (Å²) >= 11 is 0. The first kappa shape index (κ1) is 17.3. The molecule has 7 nitrogen and oxygen atoms in total. The number of ether oxygens (including phenoxy) is 1. The lowest BCUT2D eigenvalue weighted by molar-refractivity contribution is -0.130. The van der Waals surface area contributed by atoms with Crippen LogP contribution in [0.4, 0.5) is 0 Å². The quantitative estimate of drug-likeness (QED) is 0.725. The molecule has 1 atom stereocenters. The molecule has 1 saturated heterocycles. The number of nitrogens with zero attached hydrogens (tertiary/aromatic N) is 3. The van der Waals surface area contributed by atoms with Crippen molar-refractivity contribution in [2.75, 3.05) is 20.2 Å². The molecule has 7 heteroatoms. The molecule has 2 aromatic heterocycles. The summed E-state index contributed by atoms with van der Waals surface area (Å²) in [6.45, 7) is 1.50. The van der Waals surface area contributed by atoms with Gasteiger partial charge in [0.1, 0.15) is 11.5 Å². The predicted octanol–water partition coefficient (Wildman–Crippen LogP) is 3.02. The zero-order valence-corrected chi connectivity index (χ0v) is 15.2. The predicted molar refractivity (Wildman–Crippen MR) is 99.3 cm³/mol. The van der Waals surface area contributed by atoms with E-state index in [1.54, 1.807) is 19.4 Å². The van der Waals surface area contributed by atoms with Crippen LogP contribution < -0.4 is 4.74 Å². The van der Waals surface area contributed by atoms with Crippen LogP contribution in [0.25, 0.3) is 11.3 Å². The van der Waals surface area contributed by atoms with Crippen LogP contribution in [0.1, 0.15) is 30.2 Å². The standard InChI is InChI=1S/C20H22N4O3/c1-26-16-4-2-14(3-5-16)18-12-19(23-22-18)15-9-11-24(13-15)20(25)7-6-17-8-10-21-27-17/h2-5,8,10,12,15H,6-7,9,11,13H2,1H3,(H,22,23)/t15-/m1/s1. The molecule has 27 heavy (non-hydrogen) atoms. The Bertz CT molecular complexity index is 886. The van der Waals surface area contributed by atoms with Gasteiger partial charge in [0.2, 0.25) is 5.91 Å². The number of likely N-dealkylation sites (tertiary alicyclic amines) is 1. The molecular weight excluding hydrogens is 344 g/mol. The number of amides is 1. The Labute approximate surface area is 157 Å². The summed E-state index contributed by atoms with van der Waals surface area (Å²) in [6, 6.07) is 11.7. The van der Waals surface area contributed by atoms with E-state index in [-0.39, 0.29) is 5.91 Å². The van der Waals surface area contributed by atoms with Gasteiger partial charge in [0.25, 0.3) is 0 Å². The Hall–Kier alpha value is -3.09. The third-order valence-corrected chi connectivity index (χ3v) is 5.04. The first-order valence-electron chi connectivity index (χ1n) is 9.10. The van der Waals surface area contributed by atoms with Gasteiger partial charge in [0.15, 0.2) is 0 Å². The Morgan fingerprint density at radius 2 is 2.19 bits per heavy atom. The van der Waals surface area contributed by atoms with Crippen molar-refractivity contribution in [1.82, 2.24) is 20.3 Å². The maximum Gasteiger partial charge on any atom is 0.223 e. The van der Waals surface area contributed by atoms with Gasteiger partial charge in [0, 0.05) is 49.2 Å². The van der Waals surface area contributed by atoms with Gasteiger partial charge in [-0.15, -0.1) is 0 Å². The highest BCUT2D eigenvalue weighted by molar-refractivity contribution is 5.76. The van der Waals surface area contributed by atoms with Crippen LogP contribution >= 0.6 is 0 Å². The van der Waals surface area contributed by atoms with E-state index in [4.69, 9.17) is 9.26 Å². The van der Waals surface area contributed by atoms with Crippen LogP contribution in [-0.4, -0.2) is 46.4 Å². The van der Waals surface area contributed by atoms with E-state index in [1.807, 2.05) is 29.2 Å². The fourth-order valence-electron chi connectivity index (χ4n) is 3.46. The number of aromatic nitrogens is 3. The van der Waals surface area contributed by atoms with E-state index in [9.17, 15) is 4.79 Å². The highest BCUT2D eigenvalue weighted by atomic mass is 16.5. The molecule has 0 radical (unpaired) electrons. The number of carbonyl (C=O) groups excluding carboxylic acids is 1. The second-order valence-electron chi connectivity index (χ2n) is 6.74. The summed E-state index contributed by atoms with van der Waals surface area (Å²) in [7, 11) is 1.65. The maximum absolute atomic E-state index is 12.4. The van der Waals surface area contributed by atoms with E-state index in [0.717, 1.165) is 48.0 Å². The molecule has 1 amide bonds. The minimum atomic E-state index is 0.156. The Morgan fingerprint density at radius 3 is 2.93 bits per heavy atom. The lowest BCUT2D eigenvalue weighted by atomic mass is 10.0. The first-order chi connectivity index (χ1) is 13.2. The number of carbonyl (C=O) groups is 1. The molecule has 3 heterocycles. The normalized spacial score (nSPS) is 16.6. The molecule has 140 valence electrons. The monoisotopic (exact) mass is 366 g/mol. The molecule has 0 unspecified atom stereocenters. The number of nitrogens with one attached hydrogen (secondary N) is 1. The molecule has 1 aliphatic heterocycles. The topological polar surface area (TPSA) is 84.2 Å². The largest absolute Gasteiger partial charge is 0.497 e. The SMILES string of the molecule is COc1ccc(-c2cc([C@@H]3CCN(C(=O)CCc4ccno4)C3)[nH]n2)cc1. The lowest BCUT2D eigenvalue weighted by Gasteiger charge is -2.15. The van der Waals surface area contributed by atoms with E-state index in [0.29, 0.717) is 18.8 Å². The molecule has 1 fully saturated rings. The third kappa shape index (κ3) is 3.86. The average Bonchev–Trinajstić information content (AvgIpc) is 3.47. The van der Waals surface area contributed by atoms with Crippen molar-refractivity contribution in [3.8, 4) is 17.0 Å². The molecule has 3 aromatic rings. The maximum atomic E-state index is 12.4. The number of aryl methyl sites for hydroxylation is 1. The van der Waals surface area contributed by atoms with Gasteiger partial charge in [0.05, 0.1) is 19.0 Å². The number of rotatable bonds is 6. The summed E-state index contributed by atoms with van der Waals surface area (Å²) in [5.74, 6) is 2.02. The average molecular weight is 366 g/mol. The van der Waals surface area contributed by atoms with Crippen molar-refractivity contribution >= 4 is 5.91 Å². The van der Waals surface area contributed by atoms with Crippen LogP contribution in [-0.2, 0) is 11.2 Å². The summed E-state index contributed by atoms with van der Waals surface area (Å²) in [4.78, 5) is 14.4. The minimum Gasteiger partial charge on any atom is -0.497 e. The number of hydrogen-bond acceptors (Lipinski definition) is 5. The summed E-state index contributed by atoms with van der Waals surface area (Å²) < 4.78 is 10.2. The van der Waals surface area contributed by atoms with E-state index in [1.165, 1.54) is 0 Å². The summed E-state index contributed by atoms with van der Waals surface area (Å²) in [6.07, 6.45) is 3.58. The molecular formula is C20H22N4O3. The van der Waals surface area contributed by atoms with Gasteiger partial charge in [-0.05, 0) is 36.8 Å². The smallest absolute Gasteiger partial charge is 0.223 e. The van der Waals surface area contributed by atoms with Gasteiger partial charge >= 0.3 is 0 Å². The highest BCUT2D eigenvalue weighted by Crippen LogP contribution is 2.29. The van der Waals surface area contributed by atoms with Crippen molar-refractivity contribution < 1.29 is 14.1 Å². The Morgan fingerprint density at radius 1 is 1.33 bits per heavy atom. The molecule has 0 spiro atoms. The van der Waals surface area contributed by atoms with Crippen molar-refractivity contribution in [3.63, 3.8) is 0 Å². The van der Waals surface area contributed by atoms with Crippen LogP contribution in [0.3, 0.4) is 0 Å². The van der Waals surface area contributed by atoms with Crippen LogP contribution in [0.5, 0.6) is 5.75 Å². The molecule has 0 aliphatic carbocycles. The Balaban J connectivity index is 1.36.